The molecule has 106 valence electrons. The van der Waals surface area contributed by atoms with Crippen molar-refractivity contribution in [2.75, 3.05) is 13.7 Å². The van der Waals surface area contributed by atoms with Crippen molar-refractivity contribution in [2.24, 2.45) is 5.73 Å². The fraction of sp³-hybridized carbons (Fsp3) is 0.929. The van der Waals surface area contributed by atoms with Crippen molar-refractivity contribution in [3.8, 4) is 0 Å². The largest absolute Gasteiger partial charge is 0.378 e. The topological polar surface area (TPSA) is 64.3 Å². The molecule has 3 N–H and O–H groups in total. The number of ether oxygens (including phenoxy) is 1. The first kappa shape index (κ1) is 15.4. The molecular formula is C14H28N2O2. The van der Waals surface area contributed by atoms with Gasteiger partial charge in [0.1, 0.15) is 0 Å². The summed E-state index contributed by atoms with van der Waals surface area (Å²) < 4.78 is 5.89. The third-order valence-electron chi connectivity index (χ3n) is 4.01. The number of hydrogen-bond acceptors (Lipinski definition) is 3. The third kappa shape index (κ3) is 4.25. The number of unbranched alkanes of at least 4 members (excludes halogenated alkanes) is 3. The first-order valence-corrected chi connectivity index (χ1v) is 7.25. The fourth-order valence-electron chi connectivity index (χ4n) is 2.72. The first-order valence-electron chi connectivity index (χ1n) is 7.25. The minimum Gasteiger partial charge on any atom is -0.378 e. The Balaban J connectivity index is 2.32. The van der Waals surface area contributed by atoms with Crippen LogP contribution in [0.15, 0.2) is 0 Å². The van der Waals surface area contributed by atoms with Crippen molar-refractivity contribution in [1.82, 2.24) is 5.32 Å². The summed E-state index contributed by atoms with van der Waals surface area (Å²) in [5.74, 6) is -0.246. The van der Waals surface area contributed by atoms with Gasteiger partial charge in [-0.05, 0) is 32.7 Å². The van der Waals surface area contributed by atoms with E-state index in [-0.39, 0.29) is 12.0 Å². The van der Waals surface area contributed by atoms with Crippen LogP contribution in [0.2, 0.25) is 0 Å². The highest BCUT2D eigenvalue weighted by molar-refractivity contribution is 5.84. The molecule has 0 aromatic heterocycles. The number of nitrogens with one attached hydrogen (secondary N) is 1. The Morgan fingerprint density at radius 2 is 2.22 bits per heavy atom. The SMILES string of the molecule is CCCCCCOC1CCCC(NC)(C(N)=O)C1. The third-order valence-corrected chi connectivity index (χ3v) is 4.01. The van der Waals surface area contributed by atoms with Crippen LogP contribution in [0.1, 0.15) is 58.3 Å². The lowest BCUT2D eigenvalue weighted by molar-refractivity contribution is -0.128. The quantitative estimate of drug-likeness (QED) is 0.653. The first-order chi connectivity index (χ1) is 8.64. The smallest absolute Gasteiger partial charge is 0.237 e. The van der Waals surface area contributed by atoms with E-state index in [1.54, 1.807) is 0 Å². The molecule has 0 spiro atoms. The average Bonchev–Trinajstić information content (AvgIpc) is 2.38. The fourth-order valence-corrected chi connectivity index (χ4v) is 2.72. The van der Waals surface area contributed by atoms with E-state index in [2.05, 4.69) is 12.2 Å². The Bertz CT molecular complexity index is 258. The van der Waals surface area contributed by atoms with Gasteiger partial charge in [-0.25, -0.2) is 0 Å². The zero-order valence-corrected chi connectivity index (χ0v) is 11.8. The number of primary amides is 1. The maximum Gasteiger partial charge on any atom is 0.237 e. The second-order valence-electron chi connectivity index (χ2n) is 5.35. The van der Waals surface area contributed by atoms with Gasteiger partial charge in [0.15, 0.2) is 0 Å². The van der Waals surface area contributed by atoms with E-state index in [4.69, 9.17) is 10.5 Å². The molecule has 1 rings (SSSR count). The number of hydrogen-bond donors (Lipinski definition) is 2. The molecule has 18 heavy (non-hydrogen) atoms. The minimum absolute atomic E-state index is 0.181. The average molecular weight is 256 g/mol. The lowest BCUT2D eigenvalue weighted by atomic mass is 9.79. The van der Waals surface area contributed by atoms with Gasteiger partial charge in [-0.2, -0.15) is 0 Å². The second-order valence-corrected chi connectivity index (χ2v) is 5.35. The molecule has 0 aromatic carbocycles. The molecule has 1 aliphatic rings. The predicted octanol–water partition coefficient (Wildman–Crippen LogP) is 1.97. The van der Waals surface area contributed by atoms with Gasteiger partial charge in [0.05, 0.1) is 11.6 Å². The summed E-state index contributed by atoms with van der Waals surface area (Å²) in [5, 5.41) is 3.10. The Labute approximate surface area is 111 Å². The highest BCUT2D eigenvalue weighted by atomic mass is 16.5. The number of nitrogens with two attached hydrogens (primary N) is 1. The molecular weight excluding hydrogens is 228 g/mol. The molecule has 0 aliphatic heterocycles. The van der Waals surface area contributed by atoms with Crippen molar-refractivity contribution in [3.63, 3.8) is 0 Å². The van der Waals surface area contributed by atoms with Gasteiger partial charge in [-0.1, -0.05) is 26.2 Å². The molecule has 0 aromatic rings. The molecule has 4 nitrogen and oxygen atoms in total. The van der Waals surface area contributed by atoms with Gasteiger partial charge in [-0.15, -0.1) is 0 Å². The number of likely N-dealkylation sites (N-methyl/N-ethyl adjacent to an activating group) is 1. The normalized spacial score (nSPS) is 28.2. The molecule has 0 saturated heterocycles. The predicted molar refractivity (Wildman–Crippen MR) is 73.3 cm³/mol. The van der Waals surface area contributed by atoms with Crippen LogP contribution in [0.3, 0.4) is 0 Å². The van der Waals surface area contributed by atoms with Gasteiger partial charge in [-0.3, -0.25) is 4.79 Å². The van der Waals surface area contributed by atoms with Crippen LogP contribution in [0.25, 0.3) is 0 Å². The second kappa shape index (κ2) is 7.74. The van der Waals surface area contributed by atoms with E-state index in [9.17, 15) is 4.79 Å². The van der Waals surface area contributed by atoms with Gasteiger partial charge in [0.25, 0.3) is 0 Å². The molecule has 4 heteroatoms. The molecule has 1 fully saturated rings. The zero-order valence-electron chi connectivity index (χ0n) is 11.8. The van der Waals surface area contributed by atoms with Crippen molar-refractivity contribution < 1.29 is 9.53 Å². The van der Waals surface area contributed by atoms with Crippen LogP contribution >= 0.6 is 0 Å². The van der Waals surface area contributed by atoms with E-state index in [0.717, 1.165) is 32.3 Å². The zero-order chi connectivity index (χ0) is 13.4. The van der Waals surface area contributed by atoms with Crippen molar-refractivity contribution in [3.05, 3.63) is 0 Å². The summed E-state index contributed by atoms with van der Waals surface area (Å²) >= 11 is 0. The van der Waals surface area contributed by atoms with E-state index in [1.165, 1.54) is 19.3 Å². The summed E-state index contributed by atoms with van der Waals surface area (Å²) in [6.07, 6.45) is 8.64. The monoisotopic (exact) mass is 256 g/mol. The molecule has 1 aliphatic carbocycles. The summed E-state index contributed by atoms with van der Waals surface area (Å²) in [5.41, 5.74) is 4.96. The van der Waals surface area contributed by atoms with Crippen molar-refractivity contribution in [2.45, 2.75) is 69.9 Å². The van der Waals surface area contributed by atoms with E-state index >= 15 is 0 Å². The van der Waals surface area contributed by atoms with Crippen LogP contribution < -0.4 is 11.1 Å². The van der Waals surface area contributed by atoms with Crippen LogP contribution in [0.4, 0.5) is 0 Å². The van der Waals surface area contributed by atoms with Crippen LogP contribution in [-0.4, -0.2) is 31.2 Å². The molecule has 0 bridgehead atoms. The van der Waals surface area contributed by atoms with Crippen LogP contribution in [0, 0.1) is 0 Å². The Hall–Kier alpha value is -0.610. The van der Waals surface area contributed by atoms with Crippen molar-refractivity contribution >= 4 is 5.91 Å². The summed E-state index contributed by atoms with van der Waals surface area (Å²) in [6, 6.07) is 0. The lowest BCUT2D eigenvalue weighted by Crippen LogP contribution is -2.57. The maximum absolute atomic E-state index is 11.6. The van der Waals surface area contributed by atoms with Gasteiger partial charge in [0.2, 0.25) is 5.91 Å². The lowest BCUT2D eigenvalue weighted by Gasteiger charge is -2.38. The van der Waals surface area contributed by atoms with E-state index in [1.807, 2.05) is 7.05 Å². The van der Waals surface area contributed by atoms with Crippen molar-refractivity contribution in [1.29, 1.82) is 0 Å². The van der Waals surface area contributed by atoms with E-state index in [0.29, 0.717) is 6.42 Å². The minimum atomic E-state index is -0.549. The Kier molecular flexibility index (Phi) is 6.65. The van der Waals surface area contributed by atoms with Gasteiger partial charge >= 0.3 is 0 Å². The molecule has 1 saturated carbocycles. The number of rotatable bonds is 8. The number of carbonyl (C=O) groups excluding carboxylic acids is 1. The molecule has 0 radical (unpaired) electrons. The Morgan fingerprint density at radius 1 is 1.44 bits per heavy atom. The number of amides is 1. The highest BCUT2D eigenvalue weighted by Crippen LogP contribution is 2.29. The van der Waals surface area contributed by atoms with E-state index < -0.39 is 5.54 Å². The Morgan fingerprint density at radius 3 is 2.83 bits per heavy atom. The molecule has 2 atom stereocenters. The molecule has 1 amide bonds. The van der Waals surface area contributed by atoms with Gasteiger partial charge < -0.3 is 15.8 Å². The maximum atomic E-state index is 11.6. The standard InChI is InChI=1S/C14H28N2O2/c1-3-4-5-6-10-18-12-8-7-9-14(11-12,16-2)13(15)17/h12,16H,3-11H2,1-2H3,(H2,15,17). The van der Waals surface area contributed by atoms with Gasteiger partial charge in [0, 0.05) is 13.0 Å². The number of carbonyl (C=O) groups is 1. The van der Waals surface area contributed by atoms with Crippen LogP contribution in [0.5, 0.6) is 0 Å². The van der Waals surface area contributed by atoms with Crippen LogP contribution in [-0.2, 0) is 9.53 Å². The molecule has 2 unspecified atom stereocenters. The summed E-state index contributed by atoms with van der Waals surface area (Å²) in [4.78, 5) is 11.6. The highest BCUT2D eigenvalue weighted by Gasteiger charge is 2.40. The summed E-state index contributed by atoms with van der Waals surface area (Å²) in [6.45, 7) is 3.01. The molecule has 0 heterocycles. The summed E-state index contributed by atoms with van der Waals surface area (Å²) in [7, 11) is 1.81.